The highest BCUT2D eigenvalue weighted by atomic mass is 32.2. The number of aromatic amines is 1. The van der Waals surface area contributed by atoms with E-state index in [1.807, 2.05) is 0 Å². The van der Waals surface area contributed by atoms with Gasteiger partial charge in [0.05, 0.1) is 6.54 Å². The van der Waals surface area contributed by atoms with Crippen molar-refractivity contribution in [2.75, 3.05) is 36.9 Å². The molecule has 1 amide bonds. The summed E-state index contributed by atoms with van der Waals surface area (Å²) in [5.41, 5.74) is 0.491. The third-order valence-corrected chi connectivity index (χ3v) is 6.05. The number of hydrogen-bond donors (Lipinski definition) is 2. The number of anilines is 2. The summed E-state index contributed by atoms with van der Waals surface area (Å²) in [6.07, 6.45) is 3.42. The zero-order valence-electron chi connectivity index (χ0n) is 15.4. The van der Waals surface area contributed by atoms with Gasteiger partial charge in [-0.15, -0.1) is 9.50 Å². The van der Waals surface area contributed by atoms with Gasteiger partial charge in [0.1, 0.15) is 4.90 Å². The van der Waals surface area contributed by atoms with Gasteiger partial charge in [-0.1, -0.05) is 12.1 Å². The minimum absolute atomic E-state index is 0.0809. The van der Waals surface area contributed by atoms with Crippen LogP contribution >= 0.6 is 0 Å². The monoisotopic (exact) mass is 403 g/mol. The third-order valence-electron chi connectivity index (χ3n) is 4.73. The van der Waals surface area contributed by atoms with Crippen LogP contribution in [0.1, 0.15) is 24.8 Å². The van der Waals surface area contributed by atoms with Gasteiger partial charge < -0.3 is 9.80 Å². The van der Waals surface area contributed by atoms with Gasteiger partial charge in [-0.2, -0.15) is 13.4 Å². The second-order valence-electron chi connectivity index (χ2n) is 6.82. The summed E-state index contributed by atoms with van der Waals surface area (Å²) in [6, 6.07) is 6.56. The van der Waals surface area contributed by atoms with Crippen molar-refractivity contribution in [3.63, 3.8) is 0 Å². The first kappa shape index (κ1) is 18.4. The fourth-order valence-corrected chi connectivity index (χ4v) is 4.62. The van der Waals surface area contributed by atoms with E-state index in [1.165, 1.54) is 17.4 Å². The zero-order chi connectivity index (χ0) is 19.7. The molecule has 0 aliphatic carbocycles. The van der Waals surface area contributed by atoms with E-state index in [0.29, 0.717) is 11.5 Å². The van der Waals surface area contributed by atoms with Gasteiger partial charge in [0.2, 0.25) is 17.8 Å². The number of nitrogens with zero attached hydrogens (tertiary/aromatic N) is 5. The van der Waals surface area contributed by atoms with Crippen LogP contribution in [0.3, 0.4) is 0 Å². The smallest absolute Gasteiger partial charge is 0.285 e. The van der Waals surface area contributed by atoms with Gasteiger partial charge >= 0.3 is 0 Å². The molecule has 2 N–H and O–H groups in total. The Morgan fingerprint density at radius 3 is 2.79 bits per heavy atom. The summed E-state index contributed by atoms with van der Waals surface area (Å²) in [5, 5.41) is 9.54. The number of amides is 1. The fraction of sp³-hybridized carbons (Fsp3) is 0.412. The van der Waals surface area contributed by atoms with Crippen molar-refractivity contribution in [3.8, 4) is 0 Å². The summed E-state index contributed by atoms with van der Waals surface area (Å²) in [7, 11) is -2.10. The predicted molar refractivity (Wildman–Crippen MR) is 104 cm³/mol. The number of nitrogens with one attached hydrogen (secondary N) is 2. The number of amidine groups is 1. The van der Waals surface area contributed by atoms with E-state index >= 15 is 0 Å². The first-order valence-corrected chi connectivity index (χ1v) is 10.5. The average Bonchev–Trinajstić information content (AvgIpc) is 3.25. The molecule has 1 aromatic carbocycles. The lowest BCUT2D eigenvalue weighted by Gasteiger charge is -2.24. The number of aromatic nitrogens is 3. The topological polar surface area (TPSA) is 124 Å². The lowest BCUT2D eigenvalue weighted by molar-refractivity contribution is -0.116. The zero-order valence-corrected chi connectivity index (χ0v) is 16.2. The number of carbonyl (C=O) groups excluding carboxylic acids is 1. The van der Waals surface area contributed by atoms with Gasteiger partial charge in [-0.05, 0) is 31.4 Å². The molecule has 2 aliphatic rings. The predicted octanol–water partition coefficient (Wildman–Crippen LogP) is 0.814. The second kappa shape index (κ2) is 7.23. The Kier molecular flexibility index (Phi) is 4.75. The highest BCUT2D eigenvalue weighted by Crippen LogP contribution is 2.26. The Hall–Kier alpha value is -2.95. The van der Waals surface area contributed by atoms with Crippen LogP contribution in [0, 0.1) is 0 Å². The molecule has 0 saturated carbocycles. The van der Waals surface area contributed by atoms with Gasteiger partial charge in [-0.3, -0.25) is 10.1 Å². The van der Waals surface area contributed by atoms with Crippen molar-refractivity contribution in [2.24, 2.45) is 4.40 Å². The molecule has 0 bridgehead atoms. The molecule has 11 heteroatoms. The molecular formula is C17H21N7O3S. The first-order valence-electron chi connectivity index (χ1n) is 9.07. The number of carbonyl (C=O) groups is 1. The van der Waals surface area contributed by atoms with Crippen molar-refractivity contribution >= 4 is 33.7 Å². The maximum Gasteiger partial charge on any atom is 0.285 e. The van der Waals surface area contributed by atoms with Crippen LogP contribution in [-0.4, -0.2) is 66.9 Å². The van der Waals surface area contributed by atoms with E-state index < -0.39 is 10.0 Å². The van der Waals surface area contributed by atoms with Gasteiger partial charge in [-0.25, -0.2) is 5.10 Å². The van der Waals surface area contributed by atoms with E-state index in [-0.39, 0.29) is 29.1 Å². The Bertz CT molecular complexity index is 1020. The molecule has 148 valence electrons. The molecule has 1 saturated heterocycles. The molecule has 28 heavy (non-hydrogen) atoms. The standard InChI is InChI=1S/C17H21N7O3S/c1-23(15-12-7-3-4-8-13(12)28(26,27)22-15)11-14(25)18-16-19-17(21-20-16)24-9-5-2-6-10-24/h3-4,7-8H,2,5-6,9-11H2,1H3,(H2,18,19,20,21,25). The Morgan fingerprint density at radius 1 is 1.25 bits per heavy atom. The lowest BCUT2D eigenvalue weighted by atomic mass is 10.1. The minimum atomic E-state index is -3.72. The first-order chi connectivity index (χ1) is 13.4. The molecule has 10 nitrogen and oxygen atoms in total. The number of H-pyrrole nitrogens is 1. The minimum Gasteiger partial charge on any atom is -0.349 e. The second-order valence-corrected chi connectivity index (χ2v) is 8.39. The van der Waals surface area contributed by atoms with E-state index in [2.05, 4.69) is 29.8 Å². The normalized spacial score (nSPS) is 17.8. The van der Waals surface area contributed by atoms with Crippen LogP contribution in [0.25, 0.3) is 0 Å². The molecule has 2 aromatic rings. The number of likely N-dealkylation sites (N-methyl/N-ethyl adjacent to an activating group) is 1. The quantitative estimate of drug-likeness (QED) is 0.774. The maximum atomic E-state index is 12.4. The summed E-state index contributed by atoms with van der Waals surface area (Å²) in [4.78, 5) is 20.4. The highest BCUT2D eigenvalue weighted by molar-refractivity contribution is 7.90. The molecular weight excluding hydrogens is 382 g/mol. The van der Waals surface area contributed by atoms with Crippen LogP contribution in [0.4, 0.5) is 11.9 Å². The van der Waals surface area contributed by atoms with Crippen LogP contribution in [-0.2, 0) is 14.8 Å². The fourth-order valence-electron chi connectivity index (χ4n) is 3.37. The molecule has 4 rings (SSSR count). The van der Waals surface area contributed by atoms with Gasteiger partial charge in [0, 0.05) is 25.7 Å². The summed E-state index contributed by atoms with van der Waals surface area (Å²) < 4.78 is 28.1. The van der Waals surface area contributed by atoms with Gasteiger partial charge in [0.15, 0.2) is 5.84 Å². The van der Waals surface area contributed by atoms with E-state index in [4.69, 9.17) is 0 Å². The molecule has 0 spiro atoms. The van der Waals surface area contributed by atoms with Crippen molar-refractivity contribution in [1.29, 1.82) is 0 Å². The molecule has 1 aromatic heterocycles. The molecule has 0 unspecified atom stereocenters. The third kappa shape index (κ3) is 3.57. The number of piperidine rings is 1. The summed E-state index contributed by atoms with van der Waals surface area (Å²) in [6.45, 7) is 1.73. The van der Waals surface area contributed by atoms with E-state index in [1.54, 1.807) is 25.2 Å². The molecule has 0 radical (unpaired) electrons. The summed E-state index contributed by atoms with van der Waals surface area (Å²) >= 11 is 0. The largest absolute Gasteiger partial charge is 0.349 e. The van der Waals surface area contributed by atoms with E-state index in [0.717, 1.165) is 25.9 Å². The van der Waals surface area contributed by atoms with Crippen molar-refractivity contribution < 1.29 is 13.2 Å². The highest BCUT2D eigenvalue weighted by Gasteiger charge is 2.31. The Morgan fingerprint density at radius 2 is 2.00 bits per heavy atom. The van der Waals surface area contributed by atoms with Crippen molar-refractivity contribution in [2.45, 2.75) is 24.2 Å². The van der Waals surface area contributed by atoms with Crippen molar-refractivity contribution in [3.05, 3.63) is 29.8 Å². The van der Waals surface area contributed by atoms with Crippen LogP contribution in [0.15, 0.2) is 33.6 Å². The number of rotatable bonds is 4. The molecule has 2 aliphatic heterocycles. The van der Waals surface area contributed by atoms with Crippen molar-refractivity contribution in [1.82, 2.24) is 20.1 Å². The summed E-state index contributed by atoms with van der Waals surface area (Å²) in [5.74, 6) is 0.731. The average molecular weight is 403 g/mol. The van der Waals surface area contributed by atoms with Gasteiger partial charge in [0.25, 0.3) is 10.0 Å². The SMILES string of the molecule is CN(CC(=O)Nc1nc(N2CCCCC2)n[nH]1)C1=NS(=O)(=O)c2ccccc21. The van der Waals surface area contributed by atoms with Crippen LogP contribution < -0.4 is 10.2 Å². The lowest BCUT2D eigenvalue weighted by Crippen LogP contribution is -2.35. The Labute approximate surface area is 162 Å². The van der Waals surface area contributed by atoms with E-state index in [9.17, 15) is 13.2 Å². The number of hydrogen-bond acceptors (Lipinski definition) is 7. The molecule has 1 fully saturated rings. The Balaban J connectivity index is 1.41. The molecule has 3 heterocycles. The number of benzene rings is 1. The van der Waals surface area contributed by atoms with Crippen LogP contribution in [0.2, 0.25) is 0 Å². The number of sulfonamides is 1. The maximum absolute atomic E-state index is 12.4. The van der Waals surface area contributed by atoms with Crippen LogP contribution in [0.5, 0.6) is 0 Å². The number of fused-ring (bicyclic) bond motifs is 1. The molecule has 0 atom stereocenters.